The van der Waals surface area contributed by atoms with E-state index in [4.69, 9.17) is 0 Å². The molecular formula is C21H21FN4O3S. The summed E-state index contributed by atoms with van der Waals surface area (Å²) in [5.74, 6) is 0.102. The van der Waals surface area contributed by atoms with Gasteiger partial charge in [-0.1, -0.05) is 6.07 Å². The van der Waals surface area contributed by atoms with Crippen LogP contribution in [0.15, 0.2) is 54.9 Å². The Balaban J connectivity index is 1.41. The number of nitrogens with one attached hydrogen (secondary N) is 1. The second kappa shape index (κ2) is 7.91. The zero-order valence-electron chi connectivity index (χ0n) is 16.4. The molecule has 2 aromatic carbocycles. The first kappa shape index (κ1) is 20.1. The molecule has 0 aliphatic carbocycles. The van der Waals surface area contributed by atoms with E-state index in [1.165, 1.54) is 10.4 Å². The number of carbonyl (C=O) groups is 1. The van der Waals surface area contributed by atoms with Crippen molar-refractivity contribution in [3.63, 3.8) is 0 Å². The maximum absolute atomic E-state index is 14.5. The lowest BCUT2D eigenvalue weighted by Crippen LogP contribution is -2.25. The third-order valence-corrected chi connectivity index (χ3v) is 6.94. The molecule has 1 aromatic heterocycles. The maximum Gasteiger partial charge on any atom is 0.251 e. The third-order valence-electron chi connectivity index (χ3n) is 5.07. The average molecular weight is 428 g/mol. The van der Waals surface area contributed by atoms with Crippen LogP contribution in [0.3, 0.4) is 0 Å². The van der Waals surface area contributed by atoms with Gasteiger partial charge < -0.3 is 9.88 Å². The van der Waals surface area contributed by atoms with Gasteiger partial charge in [-0.05, 0) is 55.3 Å². The second-order valence-electron chi connectivity index (χ2n) is 7.10. The van der Waals surface area contributed by atoms with Crippen molar-refractivity contribution >= 4 is 21.6 Å². The highest BCUT2D eigenvalue weighted by atomic mass is 32.2. The summed E-state index contributed by atoms with van der Waals surface area (Å²) in [4.78, 5) is 16.5. The molecule has 1 amide bonds. The topological polar surface area (TPSA) is 84.3 Å². The summed E-state index contributed by atoms with van der Waals surface area (Å²) >= 11 is 0. The van der Waals surface area contributed by atoms with E-state index in [1.807, 2.05) is 0 Å². The van der Waals surface area contributed by atoms with Crippen molar-refractivity contribution in [2.45, 2.75) is 19.9 Å². The molecule has 1 aliphatic heterocycles. The van der Waals surface area contributed by atoms with Gasteiger partial charge in [-0.15, -0.1) is 0 Å². The molecule has 2 heterocycles. The molecule has 1 saturated heterocycles. The number of benzene rings is 2. The molecule has 1 aliphatic rings. The molecule has 0 atom stereocenters. The number of hydrogen-bond acceptors (Lipinski definition) is 4. The monoisotopic (exact) mass is 428 g/mol. The van der Waals surface area contributed by atoms with Crippen molar-refractivity contribution in [1.29, 1.82) is 0 Å². The van der Waals surface area contributed by atoms with Crippen LogP contribution in [0.4, 0.5) is 10.1 Å². The van der Waals surface area contributed by atoms with Gasteiger partial charge in [0, 0.05) is 31.0 Å². The number of aryl methyl sites for hydroxylation is 1. The number of carbonyl (C=O) groups excluding carboxylic acids is 1. The van der Waals surface area contributed by atoms with E-state index >= 15 is 0 Å². The second-order valence-corrected chi connectivity index (χ2v) is 9.11. The SMILES string of the molecule is Cc1nccn1-c1ccc(CNC(=O)c2ccc(N3CCCS3(=O)=O)cc2)cc1F. The Morgan fingerprint density at radius 2 is 1.97 bits per heavy atom. The zero-order chi connectivity index (χ0) is 21.3. The van der Waals surface area contributed by atoms with Crippen molar-refractivity contribution in [2.75, 3.05) is 16.6 Å². The van der Waals surface area contributed by atoms with Gasteiger partial charge in [0.2, 0.25) is 10.0 Å². The number of hydrogen-bond donors (Lipinski definition) is 1. The van der Waals surface area contributed by atoms with E-state index in [-0.39, 0.29) is 18.2 Å². The van der Waals surface area contributed by atoms with Gasteiger partial charge in [0.1, 0.15) is 11.6 Å². The van der Waals surface area contributed by atoms with Gasteiger partial charge in [-0.2, -0.15) is 0 Å². The van der Waals surface area contributed by atoms with Crippen LogP contribution in [-0.4, -0.2) is 36.2 Å². The van der Waals surface area contributed by atoms with E-state index in [0.717, 1.165) is 0 Å². The first-order chi connectivity index (χ1) is 14.3. The number of anilines is 1. The van der Waals surface area contributed by atoms with E-state index in [2.05, 4.69) is 10.3 Å². The molecule has 30 heavy (non-hydrogen) atoms. The Bertz CT molecular complexity index is 1190. The van der Waals surface area contributed by atoms with Crippen LogP contribution < -0.4 is 9.62 Å². The first-order valence-electron chi connectivity index (χ1n) is 9.52. The summed E-state index contributed by atoms with van der Waals surface area (Å²) < 4.78 is 41.5. The molecule has 0 unspecified atom stereocenters. The largest absolute Gasteiger partial charge is 0.348 e. The molecule has 0 saturated carbocycles. The van der Waals surface area contributed by atoms with Gasteiger partial charge in [0.05, 0.1) is 17.1 Å². The van der Waals surface area contributed by atoms with Crippen molar-refractivity contribution in [2.24, 2.45) is 0 Å². The molecular weight excluding hydrogens is 407 g/mol. The Hall–Kier alpha value is -3.20. The van der Waals surface area contributed by atoms with E-state index < -0.39 is 15.8 Å². The fraction of sp³-hybridized carbons (Fsp3) is 0.238. The molecule has 9 heteroatoms. The van der Waals surface area contributed by atoms with Crippen LogP contribution in [0.1, 0.15) is 28.2 Å². The van der Waals surface area contributed by atoms with Crippen LogP contribution in [0.25, 0.3) is 5.69 Å². The van der Waals surface area contributed by atoms with Gasteiger partial charge >= 0.3 is 0 Å². The fourth-order valence-electron chi connectivity index (χ4n) is 3.48. The molecule has 0 radical (unpaired) electrons. The highest BCUT2D eigenvalue weighted by Gasteiger charge is 2.28. The third kappa shape index (κ3) is 3.93. The normalized spacial score (nSPS) is 15.3. The Labute approximate surface area is 174 Å². The predicted molar refractivity (Wildman–Crippen MR) is 112 cm³/mol. The summed E-state index contributed by atoms with van der Waals surface area (Å²) in [6.07, 6.45) is 3.89. The molecule has 0 spiro atoms. The standard InChI is InChI=1S/C21H21FN4O3S/c1-15-23-9-11-25(15)20-8-3-16(13-19(20)22)14-24-21(27)17-4-6-18(7-5-17)26-10-2-12-30(26,28)29/h3-9,11,13H,2,10,12,14H2,1H3,(H,24,27). The minimum absolute atomic E-state index is 0.144. The smallest absolute Gasteiger partial charge is 0.251 e. The Morgan fingerprint density at radius 1 is 1.20 bits per heavy atom. The summed E-state index contributed by atoms with van der Waals surface area (Å²) in [5, 5.41) is 2.76. The van der Waals surface area contributed by atoms with Crippen molar-refractivity contribution in [3.05, 3.63) is 77.6 Å². The van der Waals surface area contributed by atoms with Crippen LogP contribution >= 0.6 is 0 Å². The highest BCUT2D eigenvalue weighted by Crippen LogP contribution is 2.24. The molecule has 4 rings (SSSR count). The lowest BCUT2D eigenvalue weighted by molar-refractivity contribution is 0.0951. The molecule has 1 N–H and O–H groups in total. The van der Waals surface area contributed by atoms with Crippen molar-refractivity contribution in [1.82, 2.24) is 14.9 Å². The van der Waals surface area contributed by atoms with E-state index in [9.17, 15) is 17.6 Å². The van der Waals surface area contributed by atoms with E-state index in [1.54, 1.807) is 60.3 Å². The fourth-order valence-corrected chi connectivity index (χ4v) is 5.05. The number of aromatic nitrogens is 2. The van der Waals surface area contributed by atoms with Gasteiger partial charge in [-0.3, -0.25) is 9.10 Å². The molecule has 0 bridgehead atoms. The number of halogens is 1. The number of sulfonamides is 1. The lowest BCUT2D eigenvalue weighted by atomic mass is 10.1. The maximum atomic E-state index is 14.5. The minimum Gasteiger partial charge on any atom is -0.348 e. The Morgan fingerprint density at radius 3 is 2.57 bits per heavy atom. The number of nitrogens with zero attached hydrogens (tertiary/aromatic N) is 3. The van der Waals surface area contributed by atoms with Crippen LogP contribution in [0.2, 0.25) is 0 Å². The van der Waals surface area contributed by atoms with Crippen molar-refractivity contribution in [3.8, 4) is 5.69 Å². The predicted octanol–water partition coefficient (Wildman–Crippen LogP) is 2.79. The number of imidazole rings is 1. The summed E-state index contributed by atoms with van der Waals surface area (Å²) in [5.41, 5.74) is 1.98. The quantitative estimate of drug-likeness (QED) is 0.677. The summed E-state index contributed by atoms with van der Waals surface area (Å²) in [7, 11) is -3.25. The van der Waals surface area contributed by atoms with Gasteiger partial charge in [-0.25, -0.2) is 17.8 Å². The van der Waals surface area contributed by atoms with Gasteiger partial charge in [0.15, 0.2) is 0 Å². The van der Waals surface area contributed by atoms with Crippen molar-refractivity contribution < 1.29 is 17.6 Å². The molecule has 3 aromatic rings. The zero-order valence-corrected chi connectivity index (χ0v) is 17.2. The van der Waals surface area contributed by atoms with Crippen LogP contribution in [-0.2, 0) is 16.6 Å². The van der Waals surface area contributed by atoms with Crippen LogP contribution in [0.5, 0.6) is 0 Å². The summed E-state index contributed by atoms with van der Waals surface area (Å²) in [6, 6.07) is 11.2. The molecule has 7 nitrogen and oxygen atoms in total. The molecule has 1 fully saturated rings. The number of amides is 1. The molecule has 156 valence electrons. The highest BCUT2D eigenvalue weighted by molar-refractivity contribution is 7.93. The average Bonchev–Trinajstić information content (AvgIpc) is 3.31. The minimum atomic E-state index is -3.25. The lowest BCUT2D eigenvalue weighted by Gasteiger charge is -2.17. The Kier molecular flexibility index (Phi) is 5.29. The van der Waals surface area contributed by atoms with Crippen LogP contribution in [0, 0.1) is 12.7 Å². The van der Waals surface area contributed by atoms with Gasteiger partial charge in [0.25, 0.3) is 5.91 Å². The first-order valence-corrected chi connectivity index (χ1v) is 11.1. The van der Waals surface area contributed by atoms with E-state index in [0.29, 0.717) is 41.3 Å². The number of rotatable bonds is 5. The summed E-state index contributed by atoms with van der Waals surface area (Å²) in [6.45, 7) is 2.41.